The van der Waals surface area contributed by atoms with Gasteiger partial charge in [-0.1, -0.05) is 6.07 Å². The lowest BCUT2D eigenvalue weighted by Gasteiger charge is -2.10. The van der Waals surface area contributed by atoms with E-state index in [1.807, 2.05) is 45.3 Å². The fourth-order valence-corrected chi connectivity index (χ4v) is 3.09. The first-order chi connectivity index (χ1) is 12.6. The second-order valence-electron chi connectivity index (χ2n) is 6.75. The molecule has 1 aromatic carbocycles. The molecule has 0 atom stereocenters. The molecule has 130 valence electrons. The predicted octanol–water partition coefficient (Wildman–Crippen LogP) is 5.39. The molecule has 0 saturated carbocycles. The third-order valence-corrected chi connectivity index (χ3v) is 4.25. The Morgan fingerprint density at radius 1 is 0.923 bits per heavy atom. The van der Waals surface area contributed by atoms with Gasteiger partial charge in [-0.05, 0) is 62.7 Å². The molecule has 4 rings (SSSR count). The molecule has 0 aliphatic carbocycles. The van der Waals surface area contributed by atoms with Crippen LogP contribution in [0.25, 0.3) is 33.3 Å². The van der Waals surface area contributed by atoms with E-state index >= 15 is 0 Å². The summed E-state index contributed by atoms with van der Waals surface area (Å²) in [5, 5.41) is 1.17. The van der Waals surface area contributed by atoms with Gasteiger partial charge in [-0.15, -0.1) is 0 Å². The number of aromatic amines is 1. The topological polar surface area (TPSA) is 50.8 Å². The highest BCUT2D eigenvalue weighted by atomic mass is 16.5. The van der Waals surface area contributed by atoms with Gasteiger partial charge in [-0.3, -0.25) is 9.97 Å². The van der Waals surface area contributed by atoms with E-state index < -0.39 is 0 Å². The van der Waals surface area contributed by atoms with Gasteiger partial charge in [0.05, 0.1) is 12.3 Å². The molecule has 4 nitrogen and oxygen atoms in total. The van der Waals surface area contributed by atoms with Crippen molar-refractivity contribution in [1.29, 1.82) is 0 Å². The molecule has 0 fully saturated rings. The minimum atomic E-state index is 0.130. The molecular formula is C22H21N3O. The molecular weight excluding hydrogens is 322 g/mol. The standard InChI is InChI=1S/C22H21N3O/c1-14(2)26-20-10-19(12-23-13-20)16-4-5-21-18(9-16)11-22(25-21)17-6-7-24-15(3)8-17/h4-14,25H,1-3H3. The van der Waals surface area contributed by atoms with Crippen molar-refractivity contribution < 1.29 is 4.74 Å². The summed E-state index contributed by atoms with van der Waals surface area (Å²) >= 11 is 0. The zero-order chi connectivity index (χ0) is 18.1. The van der Waals surface area contributed by atoms with Crippen LogP contribution in [0.15, 0.2) is 61.1 Å². The zero-order valence-electron chi connectivity index (χ0n) is 15.2. The summed E-state index contributed by atoms with van der Waals surface area (Å²) in [4.78, 5) is 12.1. The maximum Gasteiger partial charge on any atom is 0.138 e. The smallest absolute Gasteiger partial charge is 0.138 e. The average molecular weight is 343 g/mol. The highest BCUT2D eigenvalue weighted by Gasteiger charge is 2.07. The number of aryl methyl sites for hydroxylation is 1. The van der Waals surface area contributed by atoms with Gasteiger partial charge in [0.1, 0.15) is 5.75 Å². The van der Waals surface area contributed by atoms with Crippen molar-refractivity contribution in [3.05, 3.63) is 66.7 Å². The van der Waals surface area contributed by atoms with Crippen molar-refractivity contribution in [2.24, 2.45) is 0 Å². The highest BCUT2D eigenvalue weighted by molar-refractivity contribution is 5.89. The number of nitrogens with one attached hydrogen (secondary N) is 1. The molecule has 3 aromatic heterocycles. The second kappa shape index (κ2) is 6.64. The lowest BCUT2D eigenvalue weighted by atomic mass is 10.1. The number of fused-ring (bicyclic) bond motifs is 1. The van der Waals surface area contributed by atoms with Crippen molar-refractivity contribution in [1.82, 2.24) is 15.0 Å². The number of aromatic nitrogens is 3. The number of rotatable bonds is 4. The molecule has 0 radical (unpaired) electrons. The van der Waals surface area contributed by atoms with Crippen LogP contribution < -0.4 is 4.74 Å². The molecule has 4 heteroatoms. The number of hydrogen-bond donors (Lipinski definition) is 1. The Morgan fingerprint density at radius 3 is 2.62 bits per heavy atom. The van der Waals surface area contributed by atoms with Crippen molar-refractivity contribution in [2.45, 2.75) is 26.9 Å². The van der Waals surface area contributed by atoms with Gasteiger partial charge < -0.3 is 9.72 Å². The molecule has 26 heavy (non-hydrogen) atoms. The quantitative estimate of drug-likeness (QED) is 0.540. The Bertz CT molecular complexity index is 1070. The van der Waals surface area contributed by atoms with E-state index in [2.05, 4.69) is 45.3 Å². The largest absolute Gasteiger partial charge is 0.489 e. The van der Waals surface area contributed by atoms with E-state index in [1.165, 1.54) is 5.39 Å². The Balaban J connectivity index is 1.72. The zero-order valence-corrected chi connectivity index (χ0v) is 15.2. The summed E-state index contributed by atoms with van der Waals surface area (Å²) in [5.41, 5.74) is 6.53. The van der Waals surface area contributed by atoms with Crippen LogP contribution in [0.2, 0.25) is 0 Å². The monoisotopic (exact) mass is 343 g/mol. The van der Waals surface area contributed by atoms with E-state index in [4.69, 9.17) is 4.74 Å². The molecule has 0 spiro atoms. The number of nitrogens with zero attached hydrogens (tertiary/aromatic N) is 2. The minimum Gasteiger partial charge on any atom is -0.489 e. The van der Waals surface area contributed by atoms with E-state index in [-0.39, 0.29) is 6.10 Å². The molecule has 0 amide bonds. The summed E-state index contributed by atoms with van der Waals surface area (Å²) in [7, 11) is 0. The molecule has 1 N–H and O–H groups in total. The van der Waals surface area contributed by atoms with E-state index in [1.54, 1.807) is 6.20 Å². The third kappa shape index (κ3) is 3.31. The molecule has 0 aliphatic rings. The van der Waals surface area contributed by atoms with Gasteiger partial charge in [-0.25, -0.2) is 0 Å². The third-order valence-electron chi connectivity index (χ3n) is 4.25. The van der Waals surface area contributed by atoms with Crippen LogP contribution in [-0.4, -0.2) is 21.1 Å². The van der Waals surface area contributed by atoms with Crippen LogP contribution in [0.1, 0.15) is 19.5 Å². The number of benzene rings is 1. The normalized spacial score (nSPS) is 11.2. The molecule has 0 unspecified atom stereocenters. The van der Waals surface area contributed by atoms with E-state index in [0.717, 1.165) is 39.3 Å². The van der Waals surface area contributed by atoms with Crippen LogP contribution in [0.4, 0.5) is 0 Å². The Kier molecular flexibility index (Phi) is 4.17. The maximum absolute atomic E-state index is 5.76. The first kappa shape index (κ1) is 16.3. The van der Waals surface area contributed by atoms with Gasteiger partial charge in [-0.2, -0.15) is 0 Å². The van der Waals surface area contributed by atoms with Gasteiger partial charge >= 0.3 is 0 Å². The van der Waals surface area contributed by atoms with Crippen LogP contribution >= 0.6 is 0 Å². The van der Waals surface area contributed by atoms with Gasteiger partial charge in [0.2, 0.25) is 0 Å². The highest BCUT2D eigenvalue weighted by Crippen LogP contribution is 2.29. The molecule has 0 aliphatic heterocycles. The number of pyridine rings is 2. The van der Waals surface area contributed by atoms with Crippen molar-refractivity contribution in [2.75, 3.05) is 0 Å². The van der Waals surface area contributed by atoms with E-state index in [9.17, 15) is 0 Å². The lowest BCUT2D eigenvalue weighted by Crippen LogP contribution is -2.05. The Morgan fingerprint density at radius 2 is 1.81 bits per heavy atom. The van der Waals surface area contributed by atoms with Crippen LogP contribution in [0.3, 0.4) is 0 Å². The fourth-order valence-electron chi connectivity index (χ4n) is 3.09. The maximum atomic E-state index is 5.76. The summed E-state index contributed by atoms with van der Waals surface area (Å²) < 4.78 is 5.76. The van der Waals surface area contributed by atoms with Gasteiger partial charge in [0, 0.05) is 45.8 Å². The number of ether oxygens (including phenoxy) is 1. The average Bonchev–Trinajstić information content (AvgIpc) is 3.05. The Hall–Kier alpha value is -3.14. The van der Waals surface area contributed by atoms with Crippen molar-refractivity contribution in [3.63, 3.8) is 0 Å². The SMILES string of the molecule is Cc1cc(-c2cc3cc(-c4cncc(OC(C)C)c4)ccc3[nH]2)ccn1. The second-order valence-corrected chi connectivity index (χ2v) is 6.75. The lowest BCUT2D eigenvalue weighted by molar-refractivity contribution is 0.241. The first-order valence-electron chi connectivity index (χ1n) is 8.76. The molecule has 4 aromatic rings. The van der Waals surface area contributed by atoms with Crippen molar-refractivity contribution in [3.8, 4) is 28.1 Å². The summed E-state index contributed by atoms with van der Waals surface area (Å²) in [6, 6.07) is 14.7. The number of hydrogen-bond acceptors (Lipinski definition) is 3. The Labute approximate surface area is 152 Å². The predicted molar refractivity (Wildman–Crippen MR) is 105 cm³/mol. The first-order valence-corrected chi connectivity index (χ1v) is 8.76. The summed E-state index contributed by atoms with van der Waals surface area (Å²) in [5.74, 6) is 0.791. The van der Waals surface area contributed by atoms with Gasteiger partial charge in [0.15, 0.2) is 0 Å². The molecule has 0 bridgehead atoms. The van der Waals surface area contributed by atoms with Crippen LogP contribution in [0, 0.1) is 6.92 Å². The summed E-state index contributed by atoms with van der Waals surface area (Å²) in [6.45, 7) is 6.03. The fraction of sp³-hybridized carbons (Fsp3) is 0.182. The molecule has 3 heterocycles. The van der Waals surface area contributed by atoms with Crippen molar-refractivity contribution >= 4 is 10.9 Å². The van der Waals surface area contributed by atoms with Crippen LogP contribution in [0.5, 0.6) is 5.75 Å². The minimum absolute atomic E-state index is 0.130. The van der Waals surface area contributed by atoms with Crippen LogP contribution in [-0.2, 0) is 0 Å². The van der Waals surface area contributed by atoms with Gasteiger partial charge in [0.25, 0.3) is 0 Å². The molecule has 0 saturated heterocycles. The summed E-state index contributed by atoms with van der Waals surface area (Å²) in [6.07, 6.45) is 5.59. The number of H-pyrrole nitrogens is 1. The van der Waals surface area contributed by atoms with E-state index in [0.29, 0.717) is 0 Å².